The molecular weight excluding hydrogens is 266 g/mol. The van der Waals surface area contributed by atoms with E-state index in [1.165, 1.54) is 5.69 Å². The molecule has 0 aliphatic rings. The Balaban J connectivity index is 1.85. The molecule has 0 saturated carbocycles. The molecule has 0 N–H and O–H groups in total. The second-order valence-corrected chi connectivity index (χ2v) is 5.73. The van der Waals surface area contributed by atoms with Crippen LogP contribution in [0.4, 0.5) is 0 Å². The average Bonchev–Trinajstić information content (AvgIpc) is 3.05. The lowest BCUT2D eigenvalue weighted by atomic mass is 10.1. The van der Waals surface area contributed by atoms with Crippen LogP contribution in [0.3, 0.4) is 0 Å². The van der Waals surface area contributed by atoms with Crippen LogP contribution in [0.25, 0.3) is 0 Å². The van der Waals surface area contributed by atoms with Crippen molar-refractivity contribution in [3.05, 3.63) is 41.5 Å². The molecule has 0 radical (unpaired) electrons. The van der Waals surface area contributed by atoms with Crippen LogP contribution < -0.4 is 0 Å². The molecule has 0 aliphatic carbocycles. The summed E-state index contributed by atoms with van der Waals surface area (Å²) in [5.74, 6) is 1.17. The van der Waals surface area contributed by atoms with Crippen LogP contribution in [-0.4, -0.2) is 27.6 Å². The monoisotopic (exact) mass is 289 g/mol. The predicted molar refractivity (Wildman–Crippen MR) is 80.8 cm³/mol. The number of aromatic nitrogens is 2. The number of hydrogen-bond donors (Lipinski definition) is 0. The van der Waals surface area contributed by atoms with Gasteiger partial charge in [-0.15, -0.1) is 0 Å². The van der Waals surface area contributed by atoms with Crippen molar-refractivity contribution in [2.24, 2.45) is 7.05 Å². The van der Waals surface area contributed by atoms with Gasteiger partial charge < -0.3 is 14.0 Å². The van der Waals surface area contributed by atoms with Gasteiger partial charge in [-0.25, -0.2) is 0 Å². The summed E-state index contributed by atoms with van der Waals surface area (Å²) in [6, 6.07) is 5.95. The third-order valence-corrected chi connectivity index (χ3v) is 3.63. The van der Waals surface area contributed by atoms with E-state index in [-0.39, 0.29) is 5.91 Å². The number of hydrogen-bond acceptors (Lipinski definition) is 3. The summed E-state index contributed by atoms with van der Waals surface area (Å²) in [6.07, 6.45) is 3.24. The van der Waals surface area contributed by atoms with Gasteiger partial charge in [0.15, 0.2) is 5.76 Å². The highest BCUT2D eigenvalue weighted by molar-refractivity contribution is 5.76. The van der Waals surface area contributed by atoms with Crippen molar-refractivity contribution in [3.8, 4) is 0 Å². The van der Waals surface area contributed by atoms with Gasteiger partial charge in [-0.2, -0.15) is 0 Å². The summed E-state index contributed by atoms with van der Waals surface area (Å²) < 4.78 is 7.31. The van der Waals surface area contributed by atoms with Gasteiger partial charge in [0.05, 0.1) is 12.2 Å². The zero-order valence-corrected chi connectivity index (χ0v) is 13.2. The molecule has 5 heteroatoms. The highest BCUT2D eigenvalue weighted by Gasteiger charge is 2.14. The molecule has 0 unspecified atom stereocenters. The van der Waals surface area contributed by atoms with Crippen LogP contribution in [0.15, 0.2) is 28.9 Å². The normalized spacial score (nSPS) is 11.1. The van der Waals surface area contributed by atoms with E-state index in [0.717, 1.165) is 17.9 Å². The summed E-state index contributed by atoms with van der Waals surface area (Å²) >= 11 is 0. The lowest BCUT2D eigenvalue weighted by Gasteiger charge is -2.15. The molecular formula is C16H23N3O2. The standard InChI is InChI=1S/C16H23N3O2/c1-12(2)15-10-14(21-17-15)11-19(4)16(20)8-7-13-6-5-9-18(13)3/h5-6,9-10,12H,7-8,11H2,1-4H3. The molecule has 2 aromatic heterocycles. The minimum Gasteiger partial charge on any atom is -0.359 e. The summed E-state index contributed by atoms with van der Waals surface area (Å²) in [7, 11) is 3.79. The number of carbonyl (C=O) groups excluding carboxylic acids is 1. The van der Waals surface area contributed by atoms with Crippen LogP contribution >= 0.6 is 0 Å². The van der Waals surface area contributed by atoms with Gasteiger partial charge in [0, 0.05) is 38.5 Å². The third-order valence-electron chi connectivity index (χ3n) is 3.63. The van der Waals surface area contributed by atoms with Gasteiger partial charge in [0.2, 0.25) is 5.91 Å². The van der Waals surface area contributed by atoms with Crippen LogP contribution in [0.2, 0.25) is 0 Å². The fourth-order valence-corrected chi connectivity index (χ4v) is 2.18. The van der Waals surface area contributed by atoms with E-state index in [9.17, 15) is 4.79 Å². The minimum absolute atomic E-state index is 0.110. The highest BCUT2D eigenvalue weighted by atomic mass is 16.5. The molecule has 2 aromatic rings. The topological polar surface area (TPSA) is 51.3 Å². The maximum Gasteiger partial charge on any atom is 0.223 e. The first-order valence-electron chi connectivity index (χ1n) is 7.27. The summed E-state index contributed by atoms with van der Waals surface area (Å²) in [5.41, 5.74) is 2.09. The van der Waals surface area contributed by atoms with E-state index >= 15 is 0 Å². The first kappa shape index (κ1) is 15.4. The molecule has 0 aliphatic heterocycles. The largest absolute Gasteiger partial charge is 0.359 e. The van der Waals surface area contributed by atoms with Gasteiger partial charge in [0.25, 0.3) is 0 Å². The number of nitrogens with zero attached hydrogens (tertiary/aromatic N) is 3. The number of carbonyl (C=O) groups is 1. The fraction of sp³-hybridized carbons (Fsp3) is 0.500. The fourth-order valence-electron chi connectivity index (χ4n) is 2.18. The summed E-state index contributed by atoms with van der Waals surface area (Å²) in [4.78, 5) is 13.8. The Morgan fingerprint density at radius 1 is 1.48 bits per heavy atom. The number of rotatable bonds is 6. The van der Waals surface area contributed by atoms with E-state index < -0.39 is 0 Å². The van der Waals surface area contributed by atoms with Crippen LogP contribution in [0.1, 0.15) is 43.3 Å². The second-order valence-electron chi connectivity index (χ2n) is 5.73. The molecule has 5 nitrogen and oxygen atoms in total. The zero-order chi connectivity index (χ0) is 15.4. The Labute approximate surface area is 125 Å². The zero-order valence-electron chi connectivity index (χ0n) is 13.2. The Morgan fingerprint density at radius 2 is 2.24 bits per heavy atom. The van der Waals surface area contributed by atoms with Gasteiger partial charge in [0.1, 0.15) is 0 Å². The molecule has 2 rings (SSSR count). The maximum absolute atomic E-state index is 12.1. The molecule has 0 bridgehead atoms. The van der Waals surface area contributed by atoms with Crippen molar-refractivity contribution in [3.63, 3.8) is 0 Å². The maximum atomic E-state index is 12.1. The molecule has 0 atom stereocenters. The van der Waals surface area contributed by atoms with Crippen LogP contribution in [0, 0.1) is 0 Å². The van der Waals surface area contributed by atoms with Crippen molar-refractivity contribution >= 4 is 5.91 Å². The first-order chi connectivity index (χ1) is 9.97. The molecule has 0 spiro atoms. The van der Waals surface area contributed by atoms with Gasteiger partial charge in [-0.05, 0) is 24.5 Å². The SMILES string of the molecule is CC(C)c1cc(CN(C)C(=O)CCc2cccn2C)on1. The van der Waals surface area contributed by atoms with Crippen molar-refractivity contribution in [1.82, 2.24) is 14.6 Å². The molecule has 0 saturated heterocycles. The Morgan fingerprint density at radius 3 is 2.81 bits per heavy atom. The predicted octanol–water partition coefficient (Wildman–Crippen LogP) is 2.73. The minimum atomic E-state index is 0.110. The van der Waals surface area contributed by atoms with E-state index in [2.05, 4.69) is 19.0 Å². The van der Waals surface area contributed by atoms with Gasteiger partial charge in [-0.3, -0.25) is 4.79 Å². The lowest BCUT2D eigenvalue weighted by molar-refractivity contribution is -0.130. The Bertz CT molecular complexity index is 598. The van der Waals surface area contributed by atoms with Crippen molar-refractivity contribution in [2.45, 2.75) is 39.2 Å². The Kier molecular flexibility index (Phi) is 4.83. The second kappa shape index (κ2) is 6.61. The van der Waals surface area contributed by atoms with E-state index in [4.69, 9.17) is 4.52 Å². The van der Waals surface area contributed by atoms with Gasteiger partial charge >= 0.3 is 0 Å². The molecule has 0 aromatic carbocycles. The smallest absolute Gasteiger partial charge is 0.223 e. The van der Waals surface area contributed by atoms with Crippen molar-refractivity contribution in [1.29, 1.82) is 0 Å². The molecule has 1 amide bonds. The third kappa shape index (κ3) is 3.97. The van der Waals surface area contributed by atoms with Gasteiger partial charge in [-0.1, -0.05) is 19.0 Å². The van der Waals surface area contributed by atoms with Crippen molar-refractivity contribution < 1.29 is 9.32 Å². The average molecular weight is 289 g/mol. The number of aryl methyl sites for hydroxylation is 2. The first-order valence-corrected chi connectivity index (χ1v) is 7.27. The molecule has 21 heavy (non-hydrogen) atoms. The molecule has 2 heterocycles. The number of amides is 1. The van der Waals surface area contributed by atoms with Crippen LogP contribution in [-0.2, 0) is 24.8 Å². The highest BCUT2D eigenvalue weighted by Crippen LogP contribution is 2.15. The summed E-state index contributed by atoms with van der Waals surface area (Å²) in [6.45, 7) is 4.60. The lowest BCUT2D eigenvalue weighted by Crippen LogP contribution is -2.26. The van der Waals surface area contributed by atoms with E-state index in [1.807, 2.05) is 36.0 Å². The van der Waals surface area contributed by atoms with Crippen molar-refractivity contribution in [2.75, 3.05) is 7.05 Å². The molecule has 0 fully saturated rings. The van der Waals surface area contributed by atoms with E-state index in [0.29, 0.717) is 18.9 Å². The van der Waals surface area contributed by atoms with Crippen LogP contribution in [0.5, 0.6) is 0 Å². The summed E-state index contributed by atoms with van der Waals surface area (Å²) in [5, 5.41) is 4.01. The Hall–Kier alpha value is -2.04. The van der Waals surface area contributed by atoms with E-state index in [1.54, 1.807) is 11.9 Å². The molecule has 114 valence electrons. The quantitative estimate of drug-likeness (QED) is 0.821.